The number of esters is 2. The van der Waals surface area contributed by atoms with Crippen LogP contribution in [-0.4, -0.2) is 19.0 Å². The highest BCUT2D eigenvalue weighted by Gasteiger charge is 2.17. The Morgan fingerprint density at radius 1 is 0.933 bits per heavy atom. The van der Waals surface area contributed by atoms with Crippen LogP contribution in [0.25, 0.3) is 0 Å². The Labute approximate surface area is 174 Å². The minimum Gasteiger partial charge on any atom is -0.460 e. The molecule has 0 radical (unpaired) electrons. The van der Waals surface area contributed by atoms with Crippen molar-refractivity contribution < 1.29 is 23.5 Å². The smallest absolute Gasteiger partial charge is 0.385 e. The number of nitrogens with one attached hydrogen (secondary N) is 1. The average molecular weight is 403 g/mol. The third-order valence-corrected chi connectivity index (χ3v) is 4.22. The molecule has 30 heavy (non-hydrogen) atoms. The van der Waals surface area contributed by atoms with Crippen molar-refractivity contribution >= 4 is 17.6 Å². The van der Waals surface area contributed by atoms with Gasteiger partial charge in [0.1, 0.15) is 18.1 Å². The molecule has 0 bridgehead atoms. The van der Waals surface area contributed by atoms with E-state index < -0.39 is 11.9 Å². The second-order valence-electron chi connectivity index (χ2n) is 6.37. The number of furan rings is 1. The minimum absolute atomic E-state index is 0.0852. The molecule has 2 aromatic carbocycles. The van der Waals surface area contributed by atoms with Crippen LogP contribution in [0, 0.1) is 11.8 Å². The summed E-state index contributed by atoms with van der Waals surface area (Å²) in [5.41, 5.74) is 2.13. The maximum atomic E-state index is 11.6. The average Bonchev–Trinajstić information content (AvgIpc) is 3.26. The highest BCUT2D eigenvalue weighted by molar-refractivity contribution is 5.98. The lowest BCUT2D eigenvalue weighted by molar-refractivity contribution is -0.139. The first-order chi connectivity index (χ1) is 14.6. The number of para-hydroxylation sites is 1. The van der Waals surface area contributed by atoms with Crippen molar-refractivity contribution in [1.29, 1.82) is 0 Å². The lowest BCUT2D eigenvalue weighted by atomic mass is 10.0. The summed E-state index contributed by atoms with van der Waals surface area (Å²) in [4.78, 5) is 22.5. The fourth-order valence-corrected chi connectivity index (χ4v) is 2.79. The van der Waals surface area contributed by atoms with Gasteiger partial charge in [0.25, 0.3) is 0 Å². The number of carbonyl (C=O) groups is 2. The van der Waals surface area contributed by atoms with E-state index in [9.17, 15) is 9.59 Å². The van der Waals surface area contributed by atoms with E-state index in [-0.39, 0.29) is 12.6 Å². The molecule has 1 atom stereocenters. The number of carbonyl (C=O) groups excluding carboxylic acids is 2. The minimum atomic E-state index is -0.832. The molecule has 0 saturated carbocycles. The standard InChI is InChI=1S/C24H21NO5/c1-28-23(26)14-15-24(27)29-17-20-12-13-22(30-20)21(16-18-8-4-2-5-9-18)25-19-10-6-3-7-11-19/h2-13,21,25H,16-17H2,1H3. The zero-order valence-corrected chi connectivity index (χ0v) is 16.5. The Hall–Kier alpha value is -3.98. The molecule has 0 aliphatic heterocycles. The SMILES string of the molecule is COC(=O)C#CC(=O)OCc1ccc(C(Cc2ccccc2)Nc2ccccc2)o1. The number of hydrogen-bond acceptors (Lipinski definition) is 6. The molecule has 0 fully saturated rings. The lowest BCUT2D eigenvalue weighted by Crippen LogP contribution is -2.13. The maximum absolute atomic E-state index is 11.6. The molecule has 3 aromatic rings. The van der Waals surface area contributed by atoms with Crippen LogP contribution in [0.4, 0.5) is 5.69 Å². The molecule has 6 nitrogen and oxygen atoms in total. The van der Waals surface area contributed by atoms with Crippen molar-refractivity contribution in [2.24, 2.45) is 0 Å². The molecular weight excluding hydrogens is 382 g/mol. The van der Waals surface area contributed by atoms with E-state index in [1.807, 2.05) is 60.5 Å². The van der Waals surface area contributed by atoms with E-state index in [2.05, 4.69) is 28.1 Å². The normalized spacial score (nSPS) is 11.0. The number of ether oxygens (including phenoxy) is 2. The number of benzene rings is 2. The number of rotatable bonds is 7. The highest BCUT2D eigenvalue weighted by atomic mass is 16.5. The lowest BCUT2D eigenvalue weighted by Gasteiger charge is -2.18. The van der Waals surface area contributed by atoms with Gasteiger partial charge in [-0.2, -0.15) is 0 Å². The second-order valence-corrected chi connectivity index (χ2v) is 6.37. The van der Waals surface area contributed by atoms with Gasteiger partial charge in [-0.3, -0.25) is 0 Å². The molecule has 0 aliphatic carbocycles. The van der Waals surface area contributed by atoms with Crippen LogP contribution in [0.1, 0.15) is 23.1 Å². The third kappa shape index (κ3) is 6.28. The van der Waals surface area contributed by atoms with Crippen LogP contribution in [0.2, 0.25) is 0 Å². The van der Waals surface area contributed by atoms with E-state index in [0.29, 0.717) is 12.2 Å². The second kappa shape index (κ2) is 10.5. The highest BCUT2D eigenvalue weighted by Crippen LogP contribution is 2.25. The fourth-order valence-electron chi connectivity index (χ4n) is 2.79. The van der Waals surface area contributed by atoms with Crippen LogP contribution >= 0.6 is 0 Å². The summed E-state index contributed by atoms with van der Waals surface area (Å²) in [5, 5.41) is 3.49. The molecule has 1 aromatic heterocycles. The number of anilines is 1. The van der Waals surface area contributed by atoms with Gasteiger partial charge < -0.3 is 19.2 Å². The molecule has 1 heterocycles. The summed E-state index contributed by atoms with van der Waals surface area (Å²) < 4.78 is 15.3. The molecule has 1 unspecified atom stereocenters. The Morgan fingerprint density at radius 2 is 1.60 bits per heavy atom. The summed E-state index contributed by atoms with van der Waals surface area (Å²) in [6.07, 6.45) is 0.715. The van der Waals surface area contributed by atoms with Crippen LogP contribution in [0.5, 0.6) is 0 Å². The van der Waals surface area contributed by atoms with Crippen LogP contribution in [0.15, 0.2) is 77.2 Å². The number of methoxy groups -OCH3 is 1. The van der Waals surface area contributed by atoms with E-state index in [0.717, 1.165) is 17.0 Å². The molecule has 152 valence electrons. The predicted molar refractivity (Wildman–Crippen MR) is 111 cm³/mol. The van der Waals surface area contributed by atoms with Gasteiger partial charge in [0.05, 0.1) is 13.2 Å². The van der Waals surface area contributed by atoms with Crippen molar-refractivity contribution in [2.45, 2.75) is 19.1 Å². The van der Waals surface area contributed by atoms with Gasteiger partial charge >= 0.3 is 11.9 Å². The Morgan fingerprint density at radius 3 is 2.30 bits per heavy atom. The van der Waals surface area contributed by atoms with E-state index >= 15 is 0 Å². The molecule has 0 amide bonds. The quantitative estimate of drug-likeness (QED) is 0.366. The van der Waals surface area contributed by atoms with Gasteiger partial charge in [-0.25, -0.2) is 9.59 Å². The van der Waals surface area contributed by atoms with Crippen LogP contribution in [0.3, 0.4) is 0 Å². The summed E-state index contributed by atoms with van der Waals surface area (Å²) in [7, 11) is 1.18. The molecule has 0 aliphatic rings. The molecule has 6 heteroatoms. The Kier molecular flexibility index (Phi) is 7.28. The van der Waals surface area contributed by atoms with Crippen molar-refractivity contribution in [3.8, 4) is 11.8 Å². The van der Waals surface area contributed by atoms with Crippen molar-refractivity contribution in [1.82, 2.24) is 0 Å². The van der Waals surface area contributed by atoms with Crippen LogP contribution in [-0.2, 0) is 32.1 Å². The predicted octanol–water partition coefficient (Wildman–Crippen LogP) is 3.90. The van der Waals surface area contributed by atoms with E-state index in [1.165, 1.54) is 7.11 Å². The summed E-state index contributed by atoms with van der Waals surface area (Å²) in [5.74, 6) is 3.64. The molecule has 0 spiro atoms. The first kappa shape index (κ1) is 20.7. The molecule has 0 saturated heterocycles. The maximum Gasteiger partial charge on any atom is 0.385 e. The summed E-state index contributed by atoms with van der Waals surface area (Å²) in [6, 6.07) is 23.4. The molecule has 3 rings (SSSR count). The van der Waals surface area contributed by atoms with Crippen molar-refractivity contribution in [3.05, 3.63) is 89.9 Å². The first-order valence-corrected chi connectivity index (χ1v) is 9.35. The first-order valence-electron chi connectivity index (χ1n) is 9.35. The van der Waals surface area contributed by atoms with Crippen molar-refractivity contribution in [2.75, 3.05) is 12.4 Å². The topological polar surface area (TPSA) is 77.8 Å². The fraction of sp³-hybridized carbons (Fsp3) is 0.167. The van der Waals surface area contributed by atoms with Crippen LogP contribution < -0.4 is 5.32 Å². The monoisotopic (exact) mass is 403 g/mol. The summed E-state index contributed by atoms with van der Waals surface area (Å²) >= 11 is 0. The summed E-state index contributed by atoms with van der Waals surface area (Å²) in [6.45, 7) is -0.0852. The van der Waals surface area contributed by atoms with Crippen molar-refractivity contribution in [3.63, 3.8) is 0 Å². The number of hydrogen-bond donors (Lipinski definition) is 1. The van der Waals surface area contributed by atoms with Gasteiger partial charge in [0, 0.05) is 17.5 Å². The third-order valence-electron chi connectivity index (χ3n) is 4.22. The van der Waals surface area contributed by atoms with Gasteiger partial charge in [-0.05, 0) is 36.2 Å². The van der Waals surface area contributed by atoms with Gasteiger partial charge in [0.15, 0.2) is 0 Å². The Bertz CT molecular complexity index is 990. The van der Waals surface area contributed by atoms with Gasteiger partial charge in [-0.1, -0.05) is 48.5 Å². The largest absolute Gasteiger partial charge is 0.460 e. The molecular formula is C24H21NO5. The van der Waals surface area contributed by atoms with Gasteiger partial charge in [-0.15, -0.1) is 0 Å². The molecule has 1 N–H and O–H groups in total. The van der Waals surface area contributed by atoms with Gasteiger partial charge in [0.2, 0.25) is 0 Å². The van der Waals surface area contributed by atoms with E-state index in [4.69, 9.17) is 9.15 Å². The Balaban J connectivity index is 1.69. The zero-order chi connectivity index (χ0) is 21.2. The zero-order valence-electron chi connectivity index (χ0n) is 16.5. The van der Waals surface area contributed by atoms with E-state index in [1.54, 1.807) is 6.07 Å².